The number of hydrogen-bond acceptors (Lipinski definition) is 4. The van der Waals surface area contributed by atoms with Crippen LogP contribution in [-0.4, -0.2) is 48.5 Å². The topological polar surface area (TPSA) is 52.9 Å². The SMILES string of the molecule is CN(C)c1ccc(C(=O)N[C@H]2CC[C@@H](N(C)c3cccc4nc(C(F)(F)F)cn34)CC2)c(F)c1. The highest BCUT2D eigenvalue weighted by Gasteiger charge is 2.34. The number of carbonyl (C=O) groups excluding carboxylic acids is 1. The van der Waals surface area contributed by atoms with E-state index in [1.54, 1.807) is 43.3 Å². The molecule has 0 atom stereocenters. The number of carbonyl (C=O) groups is 1. The number of imidazole rings is 1. The zero-order valence-electron chi connectivity index (χ0n) is 19.2. The Morgan fingerprint density at radius 2 is 1.79 bits per heavy atom. The molecule has 2 heterocycles. The fraction of sp³-hybridized carbons (Fsp3) is 0.417. The minimum atomic E-state index is -4.51. The van der Waals surface area contributed by atoms with Crippen molar-refractivity contribution in [1.29, 1.82) is 0 Å². The number of hydrogen-bond donors (Lipinski definition) is 1. The lowest BCUT2D eigenvalue weighted by Crippen LogP contribution is -2.43. The molecule has 1 aromatic carbocycles. The minimum absolute atomic E-state index is 0.0112. The first-order valence-corrected chi connectivity index (χ1v) is 11.1. The molecular formula is C24H27F4N5O. The number of benzene rings is 1. The average molecular weight is 478 g/mol. The number of halogens is 4. The van der Waals surface area contributed by atoms with Gasteiger partial charge in [0.2, 0.25) is 0 Å². The number of amides is 1. The van der Waals surface area contributed by atoms with Gasteiger partial charge in [0.15, 0.2) is 5.69 Å². The number of nitrogens with one attached hydrogen (secondary N) is 1. The van der Waals surface area contributed by atoms with Crippen LogP contribution in [0.25, 0.3) is 5.65 Å². The van der Waals surface area contributed by atoms with E-state index in [1.807, 2.05) is 11.9 Å². The summed E-state index contributed by atoms with van der Waals surface area (Å²) in [5.41, 5.74) is -0.00416. The fourth-order valence-electron chi connectivity index (χ4n) is 4.44. The van der Waals surface area contributed by atoms with E-state index in [0.717, 1.165) is 19.0 Å². The maximum Gasteiger partial charge on any atom is 0.434 e. The molecule has 2 aromatic heterocycles. The molecule has 1 aliphatic carbocycles. The summed E-state index contributed by atoms with van der Waals surface area (Å²) in [6.45, 7) is 0. The Balaban J connectivity index is 1.40. The van der Waals surface area contributed by atoms with Gasteiger partial charge in [-0.05, 0) is 56.0 Å². The van der Waals surface area contributed by atoms with E-state index in [-0.39, 0.29) is 23.3 Å². The number of fused-ring (bicyclic) bond motifs is 1. The fourth-order valence-corrected chi connectivity index (χ4v) is 4.44. The van der Waals surface area contributed by atoms with Gasteiger partial charge >= 0.3 is 6.18 Å². The van der Waals surface area contributed by atoms with Crippen LogP contribution >= 0.6 is 0 Å². The molecule has 0 radical (unpaired) electrons. The number of rotatable bonds is 5. The summed E-state index contributed by atoms with van der Waals surface area (Å²) < 4.78 is 55.2. The second-order valence-corrected chi connectivity index (χ2v) is 8.88. The lowest BCUT2D eigenvalue weighted by Gasteiger charge is -2.36. The van der Waals surface area contributed by atoms with Crippen LogP contribution in [0.1, 0.15) is 41.7 Å². The van der Waals surface area contributed by atoms with E-state index < -0.39 is 23.6 Å². The first-order valence-electron chi connectivity index (χ1n) is 11.1. The maximum absolute atomic E-state index is 14.4. The maximum atomic E-state index is 14.4. The van der Waals surface area contributed by atoms with Crippen molar-refractivity contribution in [3.05, 3.63) is 59.7 Å². The largest absolute Gasteiger partial charge is 0.434 e. The molecule has 1 aliphatic rings. The van der Waals surface area contributed by atoms with Gasteiger partial charge in [0.1, 0.15) is 17.3 Å². The third-order valence-electron chi connectivity index (χ3n) is 6.42. The van der Waals surface area contributed by atoms with E-state index in [9.17, 15) is 22.4 Å². The van der Waals surface area contributed by atoms with Crippen molar-refractivity contribution in [2.24, 2.45) is 0 Å². The molecule has 6 nitrogen and oxygen atoms in total. The lowest BCUT2D eigenvalue weighted by molar-refractivity contribution is -0.140. The minimum Gasteiger partial charge on any atom is -0.378 e. The third-order valence-corrected chi connectivity index (χ3v) is 6.42. The van der Waals surface area contributed by atoms with E-state index in [2.05, 4.69) is 10.3 Å². The quantitative estimate of drug-likeness (QED) is 0.540. The number of aromatic nitrogens is 2. The Hall–Kier alpha value is -3.30. The smallest absolute Gasteiger partial charge is 0.378 e. The van der Waals surface area contributed by atoms with Gasteiger partial charge in [-0.3, -0.25) is 9.20 Å². The molecule has 10 heteroatoms. The van der Waals surface area contributed by atoms with E-state index in [4.69, 9.17) is 0 Å². The molecule has 3 aromatic rings. The van der Waals surface area contributed by atoms with Gasteiger partial charge in [0.05, 0.1) is 5.56 Å². The molecular weight excluding hydrogens is 450 g/mol. The van der Waals surface area contributed by atoms with Crippen molar-refractivity contribution in [2.75, 3.05) is 30.9 Å². The van der Waals surface area contributed by atoms with Crippen molar-refractivity contribution >= 4 is 23.1 Å². The summed E-state index contributed by atoms with van der Waals surface area (Å²) >= 11 is 0. The summed E-state index contributed by atoms with van der Waals surface area (Å²) in [4.78, 5) is 20.0. The van der Waals surface area contributed by atoms with Gasteiger partial charge in [-0.1, -0.05) is 6.07 Å². The summed E-state index contributed by atoms with van der Waals surface area (Å²) in [6, 6.07) is 9.52. The van der Waals surface area contributed by atoms with Crippen LogP contribution in [0.2, 0.25) is 0 Å². The summed E-state index contributed by atoms with van der Waals surface area (Å²) in [7, 11) is 5.45. The van der Waals surface area contributed by atoms with Gasteiger partial charge in [-0.2, -0.15) is 13.2 Å². The van der Waals surface area contributed by atoms with Crippen molar-refractivity contribution < 1.29 is 22.4 Å². The van der Waals surface area contributed by atoms with Gasteiger partial charge in [-0.25, -0.2) is 9.37 Å². The molecule has 34 heavy (non-hydrogen) atoms. The van der Waals surface area contributed by atoms with Crippen molar-refractivity contribution in [2.45, 2.75) is 43.9 Å². The molecule has 1 saturated carbocycles. The van der Waals surface area contributed by atoms with Crippen LogP contribution in [0.15, 0.2) is 42.6 Å². The number of alkyl halides is 3. The second-order valence-electron chi connectivity index (χ2n) is 8.88. The van der Waals surface area contributed by atoms with E-state index in [0.29, 0.717) is 24.3 Å². The van der Waals surface area contributed by atoms with Crippen LogP contribution in [0.5, 0.6) is 0 Å². The molecule has 1 fully saturated rings. The normalized spacial score (nSPS) is 18.7. The predicted octanol–water partition coefficient (Wildman–Crippen LogP) is 4.74. The first kappa shape index (κ1) is 23.8. The van der Waals surface area contributed by atoms with Gasteiger partial charge in [-0.15, -0.1) is 0 Å². The first-order chi connectivity index (χ1) is 16.0. The molecule has 0 unspecified atom stereocenters. The molecule has 0 aliphatic heterocycles. The highest BCUT2D eigenvalue weighted by molar-refractivity contribution is 5.95. The van der Waals surface area contributed by atoms with Crippen LogP contribution < -0.4 is 15.1 Å². The standard InChI is InChI=1S/C24H27F4N5O/c1-31(2)17-11-12-18(19(25)13-17)23(34)29-15-7-9-16(10-8-15)32(3)22-6-4-5-21-30-20(14-33(21)22)24(26,27)28/h4-6,11-16H,7-10H2,1-3H3,(H,29,34)/t15-,16+. The van der Waals surface area contributed by atoms with Crippen LogP contribution in [0, 0.1) is 5.82 Å². The number of nitrogens with zero attached hydrogens (tertiary/aromatic N) is 4. The lowest BCUT2D eigenvalue weighted by atomic mass is 9.90. The second kappa shape index (κ2) is 9.15. The molecule has 1 amide bonds. The Morgan fingerprint density at radius 3 is 2.41 bits per heavy atom. The highest BCUT2D eigenvalue weighted by Crippen LogP contribution is 2.32. The predicted molar refractivity (Wildman–Crippen MR) is 123 cm³/mol. The van der Waals surface area contributed by atoms with E-state index in [1.165, 1.54) is 16.5 Å². The summed E-state index contributed by atoms with van der Waals surface area (Å²) in [5.74, 6) is -0.387. The Kier molecular flexibility index (Phi) is 6.42. The molecule has 0 spiro atoms. The van der Waals surface area contributed by atoms with E-state index >= 15 is 0 Å². The Labute approximate surface area is 195 Å². The number of anilines is 2. The molecule has 0 bridgehead atoms. The number of pyridine rings is 1. The summed E-state index contributed by atoms with van der Waals surface area (Å²) in [6.07, 6.45) is -0.646. The zero-order valence-corrected chi connectivity index (χ0v) is 19.2. The molecule has 4 rings (SSSR count). The van der Waals surface area contributed by atoms with Crippen LogP contribution in [0.4, 0.5) is 29.1 Å². The Morgan fingerprint density at radius 1 is 1.09 bits per heavy atom. The highest BCUT2D eigenvalue weighted by atomic mass is 19.4. The van der Waals surface area contributed by atoms with Crippen molar-refractivity contribution in [3.8, 4) is 0 Å². The van der Waals surface area contributed by atoms with Crippen molar-refractivity contribution in [3.63, 3.8) is 0 Å². The molecule has 182 valence electrons. The zero-order chi connectivity index (χ0) is 24.6. The monoisotopic (exact) mass is 477 g/mol. The van der Waals surface area contributed by atoms with Gasteiger partial charge in [0, 0.05) is 45.1 Å². The van der Waals surface area contributed by atoms with Crippen LogP contribution in [-0.2, 0) is 6.18 Å². The summed E-state index contributed by atoms with van der Waals surface area (Å²) in [5, 5.41) is 2.92. The van der Waals surface area contributed by atoms with Crippen LogP contribution in [0.3, 0.4) is 0 Å². The van der Waals surface area contributed by atoms with Crippen molar-refractivity contribution in [1.82, 2.24) is 14.7 Å². The average Bonchev–Trinajstić information content (AvgIpc) is 3.24. The molecule has 0 saturated heterocycles. The third kappa shape index (κ3) is 4.80. The Bertz CT molecular complexity index is 1180. The van der Waals surface area contributed by atoms with Gasteiger partial charge in [0.25, 0.3) is 5.91 Å². The molecule has 1 N–H and O–H groups in total. The van der Waals surface area contributed by atoms with Gasteiger partial charge < -0.3 is 15.1 Å².